The number of benzene rings is 1. The Kier molecular flexibility index (Phi) is 3.88. The van der Waals surface area contributed by atoms with Crippen molar-refractivity contribution in [3.8, 4) is 11.4 Å². The minimum absolute atomic E-state index is 0.0345. The lowest BCUT2D eigenvalue weighted by molar-refractivity contribution is 0.234. The molecule has 1 aliphatic heterocycles. The average molecular weight is 350 g/mol. The zero-order valence-electron chi connectivity index (χ0n) is 12.6. The van der Waals surface area contributed by atoms with Crippen LogP contribution in [-0.2, 0) is 5.41 Å². The molecule has 1 saturated heterocycles. The van der Waals surface area contributed by atoms with E-state index in [9.17, 15) is 0 Å². The predicted octanol–water partition coefficient (Wildman–Crippen LogP) is 3.69. The van der Waals surface area contributed by atoms with E-state index in [1.54, 1.807) is 0 Å². The molecule has 1 aromatic heterocycles. The van der Waals surface area contributed by atoms with Crippen LogP contribution in [0.2, 0.25) is 0 Å². The normalized spacial score (nSPS) is 22.1. The van der Waals surface area contributed by atoms with E-state index in [4.69, 9.17) is 4.52 Å². The molecule has 0 saturated carbocycles. The average Bonchev–Trinajstić information content (AvgIpc) is 3.10. The summed E-state index contributed by atoms with van der Waals surface area (Å²) < 4.78 is 6.68. The van der Waals surface area contributed by atoms with Crippen molar-refractivity contribution in [1.29, 1.82) is 0 Å². The smallest absolute Gasteiger partial charge is 0.234 e. The van der Waals surface area contributed by atoms with E-state index in [1.165, 1.54) is 5.56 Å². The van der Waals surface area contributed by atoms with Gasteiger partial charge in [0, 0.05) is 16.6 Å². The highest BCUT2D eigenvalue weighted by molar-refractivity contribution is 9.10. The van der Waals surface area contributed by atoms with Crippen molar-refractivity contribution in [2.75, 3.05) is 13.1 Å². The number of hydrogen-bond acceptors (Lipinski definition) is 4. The highest BCUT2D eigenvalue weighted by atomic mass is 79.9. The molecule has 1 atom stereocenters. The quantitative estimate of drug-likeness (QED) is 0.917. The minimum atomic E-state index is -0.0345. The van der Waals surface area contributed by atoms with Crippen molar-refractivity contribution in [2.45, 2.75) is 32.6 Å². The summed E-state index contributed by atoms with van der Waals surface area (Å²) in [6, 6.07) is 6.13. The van der Waals surface area contributed by atoms with Crippen LogP contribution in [0.5, 0.6) is 0 Å². The fraction of sp³-hybridized carbons (Fsp3) is 0.500. The van der Waals surface area contributed by atoms with Crippen LogP contribution in [0, 0.1) is 12.8 Å². The fourth-order valence-corrected chi connectivity index (χ4v) is 3.29. The van der Waals surface area contributed by atoms with Gasteiger partial charge in [-0.1, -0.05) is 47.1 Å². The lowest BCUT2D eigenvalue weighted by atomic mass is 9.76. The van der Waals surface area contributed by atoms with Crippen molar-refractivity contribution >= 4 is 15.9 Å². The van der Waals surface area contributed by atoms with Gasteiger partial charge in [-0.15, -0.1) is 0 Å². The van der Waals surface area contributed by atoms with Crippen LogP contribution < -0.4 is 5.32 Å². The molecule has 1 unspecified atom stereocenters. The monoisotopic (exact) mass is 349 g/mol. The molecule has 0 bridgehead atoms. The number of nitrogens with one attached hydrogen (secondary N) is 1. The summed E-state index contributed by atoms with van der Waals surface area (Å²) in [5, 5.41) is 7.62. The molecular formula is C16H20BrN3O. The maximum absolute atomic E-state index is 5.62. The second kappa shape index (κ2) is 5.54. The van der Waals surface area contributed by atoms with E-state index in [0.29, 0.717) is 11.7 Å². The van der Waals surface area contributed by atoms with Crippen molar-refractivity contribution in [2.24, 2.45) is 5.92 Å². The standard InChI is InChI=1S/C16H20BrN3O/c1-10(2)16(6-7-18-9-16)15-19-14(20-21-15)12-5-4-11(3)13(17)8-12/h4-5,8,10,18H,6-7,9H2,1-3H3. The molecule has 4 nitrogen and oxygen atoms in total. The molecular weight excluding hydrogens is 330 g/mol. The van der Waals surface area contributed by atoms with Gasteiger partial charge in [0.1, 0.15) is 0 Å². The molecule has 1 aromatic carbocycles. The third kappa shape index (κ3) is 2.53. The van der Waals surface area contributed by atoms with Gasteiger partial charge < -0.3 is 9.84 Å². The van der Waals surface area contributed by atoms with Crippen LogP contribution in [0.4, 0.5) is 0 Å². The second-order valence-corrected chi connectivity index (χ2v) is 6.98. The first-order valence-electron chi connectivity index (χ1n) is 7.34. The van der Waals surface area contributed by atoms with Crippen molar-refractivity contribution < 1.29 is 4.52 Å². The van der Waals surface area contributed by atoms with Gasteiger partial charge >= 0.3 is 0 Å². The van der Waals surface area contributed by atoms with Crippen molar-refractivity contribution in [3.05, 3.63) is 34.1 Å². The molecule has 21 heavy (non-hydrogen) atoms. The largest absolute Gasteiger partial charge is 0.338 e. The van der Waals surface area contributed by atoms with Crippen LogP contribution >= 0.6 is 15.9 Å². The van der Waals surface area contributed by atoms with Gasteiger partial charge in [0.05, 0.1) is 5.41 Å². The van der Waals surface area contributed by atoms with E-state index < -0.39 is 0 Å². The third-order valence-electron chi connectivity index (χ3n) is 4.58. The summed E-state index contributed by atoms with van der Waals surface area (Å²) in [5.41, 5.74) is 2.14. The first kappa shape index (κ1) is 14.7. The Morgan fingerprint density at radius 1 is 1.38 bits per heavy atom. The summed E-state index contributed by atoms with van der Waals surface area (Å²) in [5.74, 6) is 1.89. The molecule has 112 valence electrons. The van der Waals surface area contributed by atoms with Crippen LogP contribution in [0.25, 0.3) is 11.4 Å². The maximum Gasteiger partial charge on any atom is 0.234 e. The number of aromatic nitrogens is 2. The second-order valence-electron chi connectivity index (χ2n) is 6.12. The lowest BCUT2D eigenvalue weighted by Crippen LogP contribution is -2.35. The van der Waals surface area contributed by atoms with E-state index in [1.807, 2.05) is 12.1 Å². The molecule has 1 aliphatic rings. The van der Waals surface area contributed by atoms with E-state index >= 15 is 0 Å². The molecule has 0 amide bonds. The number of nitrogens with zero attached hydrogens (tertiary/aromatic N) is 2. The SMILES string of the molecule is Cc1ccc(-c2noc(C3(C(C)C)CCNC3)n2)cc1Br. The Morgan fingerprint density at radius 2 is 2.19 bits per heavy atom. The zero-order chi connectivity index (χ0) is 15.0. The number of halogens is 1. The Morgan fingerprint density at radius 3 is 2.81 bits per heavy atom. The van der Waals surface area contributed by atoms with Crippen LogP contribution in [-0.4, -0.2) is 23.2 Å². The lowest BCUT2D eigenvalue weighted by Gasteiger charge is -2.28. The molecule has 3 rings (SSSR count). The molecule has 0 aliphatic carbocycles. The molecule has 1 fully saturated rings. The topological polar surface area (TPSA) is 51.0 Å². The number of hydrogen-bond donors (Lipinski definition) is 1. The van der Waals surface area contributed by atoms with Crippen LogP contribution in [0.3, 0.4) is 0 Å². The fourth-order valence-electron chi connectivity index (χ4n) is 2.91. The first-order valence-corrected chi connectivity index (χ1v) is 8.14. The summed E-state index contributed by atoms with van der Waals surface area (Å²) in [7, 11) is 0. The van der Waals surface area contributed by atoms with Crippen molar-refractivity contribution in [3.63, 3.8) is 0 Å². The highest BCUT2D eigenvalue weighted by Gasteiger charge is 2.43. The highest BCUT2D eigenvalue weighted by Crippen LogP contribution is 2.37. The Labute approximate surface area is 133 Å². The van der Waals surface area contributed by atoms with Crippen LogP contribution in [0.1, 0.15) is 31.7 Å². The Balaban J connectivity index is 1.97. The zero-order valence-corrected chi connectivity index (χ0v) is 14.2. The molecule has 1 N–H and O–H groups in total. The van der Waals surface area contributed by atoms with Gasteiger partial charge in [-0.25, -0.2) is 0 Å². The Hall–Kier alpha value is -1.20. The van der Waals surface area contributed by atoms with Crippen LogP contribution in [0.15, 0.2) is 27.2 Å². The van der Waals surface area contributed by atoms with Crippen molar-refractivity contribution in [1.82, 2.24) is 15.5 Å². The van der Waals surface area contributed by atoms with Gasteiger partial charge in [-0.3, -0.25) is 0 Å². The van der Waals surface area contributed by atoms with Gasteiger partial charge in [-0.05, 0) is 37.4 Å². The summed E-state index contributed by atoms with van der Waals surface area (Å²) >= 11 is 3.55. The molecule has 2 aromatic rings. The maximum atomic E-state index is 5.62. The third-order valence-corrected chi connectivity index (χ3v) is 5.43. The molecule has 0 radical (unpaired) electrons. The van der Waals surface area contributed by atoms with Gasteiger partial charge in [-0.2, -0.15) is 4.98 Å². The predicted molar refractivity (Wildman–Crippen MR) is 86.2 cm³/mol. The Bertz CT molecular complexity index is 645. The number of aryl methyl sites for hydroxylation is 1. The van der Waals surface area contributed by atoms with Gasteiger partial charge in [0.25, 0.3) is 0 Å². The van der Waals surface area contributed by atoms with Gasteiger partial charge in [0.15, 0.2) is 0 Å². The molecule has 5 heteroatoms. The minimum Gasteiger partial charge on any atom is -0.338 e. The van der Waals surface area contributed by atoms with E-state index in [0.717, 1.165) is 35.4 Å². The molecule has 0 spiro atoms. The van der Waals surface area contributed by atoms with Gasteiger partial charge in [0.2, 0.25) is 11.7 Å². The van der Waals surface area contributed by atoms with E-state index in [-0.39, 0.29) is 5.41 Å². The van der Waals surface area contributed by atoms with E-state index in [2.05, 4.69) is 58.2 Å². The summed E-state index contributed by atoms with van der Waals surface area (Å²) in [6.07, 6.45) is 1.05. The molecule has 2 heterocycles. The summed E-state index contributed by atoms with van der Waals surface area (Å²) in [4.78, 5) is 4.69. The summed E-state index contributed by atoms with van der Waals surface area (Å²) in [6.45, 7) is 8.42. The first-order chi connectivity index (χ1) is 10.0. The number of rotatable bonds is 3.